The van der Waals surface area contributed by atoms with Crippen LogP contribution in [0, 0.1) is 5.92 Å². The highest BCUT2D eigenvalue weighted by Gasteiger charge is 2.35. The zero-order valence-electron chi connectivity index (χ0n) is 13.1. The zero-order valence-corrected chi connectivity index (χ0v) is 14.8. The van der Waals surface area contributed by atoms with Gasteiger partial charge in [-0.05, 0) is 49.4 Å². The van der Waals surface area contributed by atoms with Crippen molar-refractivity contribution in [3.8, 4) is 11.5 Å². The number of nitrogens with one attached hydrogen (secondary N) is 1. The predicted octanol–water partition coefficient (Wildman–Crippen LogP) is 2.88. The molecule has 1 aromatic carbocycles. The van der Waals surface area contributed by atoms with Crippen molar-refractivity contribution >= 4 is 39.7 Å². The Balaban J connectivity index is 0.00000146. The molecule has 2 bridgehead atoms. The molecule has 6 rings (SSSR count). The number of hydrogen-bond acceptors (Lipinski definition) is 5. The van der Waals surface area contributed by atoms with Gasteiger partial charge < -0.3 is 19.7 Å². The summed E-state index contributed by atoms with van der Waals surface area (Å²) in [5.41, 5.74) is 0. The first-order valence-electron chi connectivity index (χ1n) is 8.13. The van der Waals surface area contributed by atoms with Gasteiger partial charge in [0.15, 0.2) is 11.5 Å². The number of fused-ring (bicyclic) bond motifs is 5. The van der Waals surface area contributed by atoms with Crippen molar-refractivity contribution in [3.63, 3.8) is 0 Å². The predicted molar refractivity (Wildman–Crippen MR) is 95.6 cm³/mol. The number of hydrogen-bond donors (Lipinski definition) is 1. The molecule has 24 heavy (non-hydrogen) atoms. The van der Waals surface area contributed by atoms with E-state index in [0.717, 1.165) is 33.0 Å². The Morgan fingerprint density at radius 2 is 1.92 bits per heavy atom. The lowest BCUT2D eigenvalue weighted by Crippen LogP contribution is -2.57. The van der Waals surface area contributed by atoms with Gasteiger partial charge in [-0.2, -0.15) is 0 Å². The summed E-state index contributed by atoms with van der Waals surface area (Å²) in [6.45, 7) is 3.65. The molecule has 1 atom stereocenters. The van der Waals surface area contributed by atoms with Crippen LogP contribution in [0.25, 0.3) is 10.1 Å². The molecule has 1 amide bonds. The van der Waals surface area contributed by atoms with E-state index in [2.05, 4.69) is 10.2 Å². The van der Waals surface area contributed by atoms with Gasteiger partial charge in [0.1, 0.15) is 0 Å². The Morgan fingerprint density at radius 3 is 2.62 bits per heavy atom. The molecule has 1 N–H and O–H groups in total. The molecule has 0 saturated carbocycles. The molecule has 0 spiro atoms. The summed E-state index contributed by atoms with van der Waals surface area (Å²) in [6.07, 6.45) is 2.41. The number of rotatable bonds is 2. The van der Waals surface area contributed by atoms with Crippen LogP contribution in [0.15, 0.2) is 18.2 Å². The third kappa shape index (κ3) is 2.62. The summed E-state index contributed by atoms with van der Waals surface area (Å²) in [5.74, 6) is 2.22. The van der Waals surface area contributed by atoms with Crippen LogP contribution < -0.4 is 14.8 Å². The Bertz CT molecular complexity index is 744. The van der Waals surface area contributed by atoms with E-state index in [1.54, 1.807) is 0 Å². The molecule has 5 nitrogen and oxygen atoms in total. The van der Waals surface area contributed by atoms with E-state index in [9.17, 15) is 4.79 Å². The van der Waals surface area contributed by atoms with Gasteiger partial charge in [-0.3, -0.25) is 4.79 Å². The van der Waals surface area contributed by atoms with Gasteiger partial charge in [0, 0.05) is 23.4 Å². The average molecular weight is 367 g/mol. The number of carbonyl (C=O) groups excluding carboxylic acids is 1. The van der Waals surface area contributed by atoms with Gasteiger partial charge >= 0.3 is 0 Å². The lowest BCUT2D eigenvalue weighted by atomic mass is 9.84. The second-order valence-corrected chi connectivity index (χ2v) is 7.66. The number of halogens is 1. The minimum absolute atomic E-state index is 0. The van der Waals surface area contributed by atoms with Gasteiger partial charge in [-0.15, -0.1) is 23.7 Å². The zero-order chi connectivity index (χ0) is 15.4. The van der Waals surface area contributed by atoms with E-state index in [-0.39, 0.29) is 25.1 Å². The van der Waals surface area contributed by atoms with Crippen molar-refractivity contribution in [3.05, 3.63) is 23.1 Å². The first-order valence-corrected chi connectivity index (χ1v) is 8.94. The molecular formula is C17H19ClN2O3S. The first-order chi connectivity index (χ1) is 11.3. The lowest BCUT2D eigenvalue weighted by molar-refractivity contribution is 0.0622. The Kier molecular flexibility index (Phi) is 4.06. The maximum Gasteiger partial charge on any atom is 0.261 e. The molecule has 2 aromatic rings. The van der Waals surface area contributed by atoms with Crippen LogP contribution in [0.4, 0.5) is 0 Å². The molecule has 3 saturated heterocycles. The fraction of sp³-hybridized carbons (Fsp3) is 0.471. The molecule has 0 aliphatic carbocycles. The average Bonchev–Trinajstić information content (AvgIpc) is 3.19. The van der Waals surface area contributed by atoms with Crippen molar-refractivity contribution in [2.75, 3.05) is 26.4 Å². The second-order valence-electron chi connectivity index (χ2n) is 6.57. The number of thiophene rings is 1. The van der Waals surface area contributed by atoms with Crippen LogP contribution in [0.5, 0.6) is 11.5 Å². The van der Waals surface area contributed by atoms with Gasteiger partial charge in [0.05, 0.1) is 4.88 Å². The van der Waals surface area contributed by atoms with Gasteiger partial charge in [0.25, 0.3) is 5.91 Å². The normalized spacial score (nSPS) is 27.1. The smallest absolute Gasteiger partial charge is 0.261 e. The molecule has 1 aromatic heterocycles. The van der Waals surface area contributed by atoms with Crippen LogP contribution in [-0.4, -0.2) is 43.3 Å². The third-order valence-electron chi connectivity index (χ3n) is 5.21. The van der Waals surface area contributed by atoms with Crippen molar-refractivity contribution in [1.29, 1.82) is 0 Å². The highest BCUT2D eigenvalue weighted by Crippen LogP contribution is 2.39. The number of piperidine rings is 3. The van der Waals surface area contributed by atoms with E-state index in [1.165, 1.54) is 37.3 Å². The molecule has 7 heteroatoms. The molecule has 5 heterocycles. The first kappa shape index (κ1) is 16.0. The molecule has 4 aliphatic heterocycles. The summed E-state index contributed by atoms with van der Waals surface area (Å²) >= 11 is 1.52. The van der Waals surface area contributed by atoms with E-state index < -0.39 is 0 Å². The van der Waals surface area contributed by atoms with Crippen molar-refractivity contribution in [1.82, 2.24) is 10.2 Å². The fourth-order valence-electron chi connectivity index (χ4n) is 3.91. The Labute approximate surface area is 150 Å². The molecular weight excluding hydrogens is 348 g/mol. The van der Waals surface area contributed by atoms with Crippen LogP contribution in [0.3, 0.4) is 0 Å². The summed E-state index contributed by atoms with van der Waals surface area (Å²) in [7, 11) is 0. The summed E-state index contributed by atoms with van der Waals surface area (Å²) < 4.78 is 11.9. The third-order valence-corrected chi connectivity index (χ3v) is 6.30. The quantitative estimate of drug-likeness (QED) is 0.888. The van der Waals surface area contributed by atoms with Crippen LogP contribution in [0.2, 0.25) is 0 Å². The number of ether oxygens (including phenoxy) is 2. The topological polar surface area (TPSA) is 50.8 Å². The summed E-state index contributed by atoms with van der Waals surface area (Å²) in [5, 5.41) is 4.29. The van der Waals surface area contributed by atoms with Crippen molar-refractivity contribution < 1.29 is 14.3 Å². The number of benzene rings is 1. The number of nitrogens with zero attached hydrogens (tertiary/aromatic N) is 1. The SMILES string of the molecule is Cl.O=C(N[C@H]1CN2CCC1CC2)c1cc2cc3c(cc2s1)OCO3. The van der Waals surface area contributed by atoms with Crippen LogP contribution in [-0.2, 0) is 0 Å². The van der Waals surface area contributed by atoms with Gasteiger partial charge in [-0.1, -0.05) is 0 Å². The largest absolute Gasteiger partial charge is 0.454 e. The second kappa shape index (κ2) is 6.10. The number of carbonyl (C=O) groups is 1. The minimum atomic E-state index is 0. The van der Waals surface area contributed by atoms with Crippen LogP contribution >= 0.6 is 23.7 Å². The molecule has 128 valence electrons. The number of amides is 1. The highest BCUT2D eigenvalue weighted by atomic mass is 35.5. The maximum absolute atomic E-state index is 12.6. The fourth-order valence-corrected chi connectivity index (χ4v) is 4.89. The molecule has 4 aliphatic rings. The summed E-state index contributed by atoms with van der Waals surface area (Å²) in [6, 6.07) is 6.18. The highest BCUT2D eigenvalue weighted by molar-refractivity contribution is 7.20. The Hall–Kier alpha value is -1.50. The van der Waals surface area contributed by atoms with E-state index in [4.69, 9.17) is 9.47 Å². The van der Waals surface area contributed by atoms with E-state index in [0.29, 0.717) is 12.0 Å². The van der Waals surface area contributed by atoms with Crippen molar-refractivity contribution in [2.24, 2.45) is 5.92 Å². The molecule has 0 radical (unpaired) electrons. The van der Waals surface area contributed by atoms with Gasteiger partial charge in [0.2, 0.25) is 6.79 Å². The van der Waals surface area contributed by atoms with Gasteiger partial charge in [-0.25, -0.2) is 0 Å². The summed E-state index contributed by atoms with van der Waals surface area (Å²) in [4.78, 5) is 15.8. The molecule has 3 fully saturated rings. The Morgan fingerprint density at radius 1 is 1.17 bits per heavy atom. The lowest BCUT2D eigenvalue weighted by Gasteiger charge is -2.44. The van der Waals surface area contributed by atoms with E-state index >= 15 is 0 Å². The van der Waals surface area contributed by atoms with E-state index in [1.807, 2.05) is 18.2 Å². The maximum atomic E-state index is 12.6. The standard InChI is InChI=1S/C17H18N2O3S.ClH/c20-17(18-12-8-19-3-1-10(12)2-4-19)16-6-11-5-13-14(22-9-21-13)7-15(11)23-16;/h5-7,10,12H,1-4,8-9H2,(H,18,20);1H/t12-;/m0./s1. The van der Waals surface area contributed by atoms with Crippen molar-refractivity contribution in [2.45, 2.75) is 18.9 Å². The molecule has 0 unspecified atom stereocenters. The van der Waals surface area contributed by atoms with Crippen LogP contribution in [0.1, 0.15) is 22.5 Å². The minimum Gasteiger partial charge on any atom is -0.454 e. The monoisotopic (exact) mass is 366 g/mol.